The molecule has 0 heterocycles. The van der Waals surface area contributed by atoms with E-state index in [4.69, 9.17) is 0 Å². The summed E-state index contributed by atoms with van der Waals surface area (Å²) in [6.07, 6.45) is 0. The van der Waals surface area contributed by atoms with E-state index >= 15 is 0 Å². The lowest BCUT2D eigenvalue weighted by molar-refractivity contribution is -0.114. The quantitative estimate of drug-likeness (QED) is 0.815. The van der Waals surface area contributed by atoms with Crippen LogP contribution in [0, 0.1) is 6.92 Å². The highest BCUT2D eigenvalue weighted by atomic mass is 16.1. The Morgan fingerprint density at radius 3 is 2.26 bits per heavy atom. The molecule has 2 N–H and O–H groups in total. The molecule has 0 aliphatic heterocycles. The Hall–Kier alpha value is -2.49. The summed E-state index contributed by atoms with van der Waals surface area (Å²) >= 11 is 0. The van der Waals surface area contributed by atoms with E-state index in [1.54, 1.807) is 0 Å². The largest absolute Gasteiger partial charge is 0.376 e. The third kappa shape index (κ3) is 4.74. The average molecular weight is 311 g/mol. The maximum absolute atomic E-state index is 12.0. The van der Waals surface area contributed by atoms with Crippen molar-refractivity contribution in [2.75, 3.05) is 35.2 Å². The number of hydrogen-bond acceptors (Lipinski definition) is 3. The van der Waals surface area contributed by atoms with Gasteiger partial charge in [0.15, 0.2) is 0 Å². The van der Waals surface area contributed by atoms with Crippen LogP contribution < -0.4 is 15.5 Å². The Bertz CT molecular complexity index is 633. The first-order valence-corrected chi connectivity index (χ1v) is 8.08. The molecule has 2 rings (SSSR count). The first-order valence-electron chi connectivity index (χ1n) is 8.08. The number of anilines is 3. The van der Waals surface area contributed by atoms with Crippen molar-refractivity contribution < 1.29 is 4.79 Å². The summed E-state index contributed by atoms with van der Waals surface area (Å²) in [4.78, 5) is 14.3. The fourth-order valence-electron chi connectivity index (χ4n) is 2.50. The van der Waals surface area contributed by atoms with Crippen molar-refractivity contribution in [3.63, 3.8) is 0 Å². The minimum atomic E-state index is -0.0520. The fourth-order valence-corrected chi connectivity index (χ4v) is 2.50. The van der Waals surface area contributed by atoms with Gasteiger partial charge >= 0.3 is 0 Å². The topological polar surface area (TPSA) is 44.4 Å². The van der Waals surface area contributed by atoms with E-state index in [1.807, 2.05) is 55.5 Å². The SMILES string of the molecule is CCN(CC)c1ccc(NC(=O)CNc2ccccc2C)cc1. The molecule has 1 amide bonds. The van der Waals surface area contributed by atoms with Gasteiger partial charge in [0.05, 0.1) is 6.54 Å². The zero-order valence-electron chi connectivity index (χ0n) is 14.1. The van der Waals surface area contributed by atoms with Gasteiger partial charge in [0.25, 0.3) is 0 Å². The third-order valence-corrected chi connectivity index (χ3v) is 3.86. The van der Waals surface area contributed by atoms with Crippen LogP contribution in [0.15, 0.2) is 48.5 Å². The van der Waals surface area contributed by atoms with Crippen molar-refractivity contribution >= 4 is 23.0 Å². The first-order chi connectivity index (χ1) is 11.1. The molecule has 0 saturated heterocycles. The molecule has 0 unspecified atom stereocenters. The molecule has 0 aliphatic rings. The number of benzene rings is 2. The fraction of sp³-hybridized carbons (Fsp3) is 0.316. The van der Waals surface area contributed by atoms with E-state index in [2.05, 4.69) is 29.4 Å². The van der Waals surface area contributed by atoms with E-state index in [0.29, 0.717) is 0 Å². The van der Waals surface area contributed by atoms with Crippen molar-refractivity contribution in [1.82, 2.24) is 0 Å². The van der Waals surface area contributed by atoms with Gasteiger partial charge in [-0.25, -0.2) is 0 Å². The Morgan fingerprint density at radius 2 is 1.65 bits per heavy atom. The van der Waals surface area contributed by atoms with Gasteiger partial charge in [0.1, 0.15) is 0 Å². The van der Waals surface area contributed by atoms with Crippen molar-refractivity contribution in [1.29, 1.82) is 0 Å². The van der Waals surface area contributed by atoms with Crippen LogP contribution in [0.5, 0.6) is 0 Å². The van der Waals surface area contributed by atoms with E-state index < -0.39 is 0 Å². The molecule has 0 bridgehead atoms. The molecule has 2 aromatic carbocycles. The average Bonchev–Trinajstić information content (AvgIpc) is 2.57. The molecule has 0 aliphatic carbocycles. The predicted octanol–water partition coefficient (Wildman–Crippen LogP) is 3.89. The molecule has 2 aromatic rings. The number of rotatable bonds is 7. The summed E-state index contributed by atoms with van der Waals surface area (Å²) in [5.74, 6) is -0.0520. The number of aryl methyl sites for hydroxylation is 1. The van der Waals surface area contributed by atoms with Gasteiger partial charge in [0.2, 0.25) is 5.91 Å². The van der Waals surface area contributed by atoms with Crippen LogP contribution in [0.3, 0.4) is 0 Å². The van der Waals surface area contributed by atoms with Gasteiger partial charge in [0, 0.05) is 30.2 Å². The Kier molecular flexibility index (Phi) is 6.03. The molecule has 122 valence electrons. The maximum Gasteiger partial charge on any atom is 0.243 e. The maximum atomic E-state index is 12.0. The Morgan fingerprint density at radius 1 is 1.00 bits per heavy atom. The number of nitrogens with zero attached hydrogens (tertiary/aromatic N) is 1. The molecule has 4 heteroatoms. The van der Waals surface area contributed by atoms with Gasteiger partial charge in [-0.3, -0.25) is 4.79 Å². The molecule has 4 nitrogen and oxygen atoms in total. The number of carbonyl (C=O) groups excluding carboxylic acids is 1. The van der Waals surface area contributed by atoms with Crippen LogP contribution in [0.4, 0.5) is 17.1 Å². The second-order valence-electron chi connectivity index (χ2n) is 5.44. The normalized spacial score (nSPS) is 10.2. The van der Waals surface area contributed by atoms with E-state index in [1.165, 1.54) is 5.69 Å². The van der Waals surface area contributed by atoms with Crippen molar-refractivity contribution in [2.45, 2.75) is 20.8 Å². The highest BCUT2D eigenvalue weighted by molar-refractivity contribution is 5.94. The molecular weight excluding hydrogens is 286 g/mol. The van der Waals surface area contributed by atoms with Gasteiger partial charge in [-0.2, -0.15) is 0 Å². The van der Waals surface area contributed by atoms with Crippen molar-refractivity contribution in [3.8, 4) is 0 Å². The zero-order valence-corrected chi connectivity index (χ0v) is 14.1. The van der Waals surface area contributed by atoms with Gasteiger partial charge in [-0.1, -0.05) is 18.2 Å². The summed E-state index contributed by atoms with van der Waals surface area (Å²) < 4.78 is 0. The van der Waals surface area contributed by atoms with E-state index in [0.717, 1.165) is 30.0 Å². The molecule has 0 atom stereocenters. The van der Waals surface area contributed by atoms with Gasteiger partial charge < -0.3 is 15.5 Å². The molecule has 0 spiro atoms. The molecule has 0 saturated carbocycles. The summed E-state index contributed by atoms with van der Waals surface area (Å²) in [5.41, 5.74) is 4.10. The summed E-state index contributed by atoms with van der Waals surface area (Å²) in [5, 5.41) is 6.07. The molecule has 23 heavy (non-hydrogen) atoms. The van der Waals surface area contributed by atoms with Crippen LogP contribution in [0.2, 0.25) is 0 Å². The lowest BCUT2D eigenvalue weighted by atomic mass is 10.2. The molecule has 0 fully saturated rings. The summed E-state index contributed by atoms with van der Waals surface area (Å²) in [6.45, 7) is 8.49. The number of nitrogens with one attached hydrogen (secondary N) is 2. The van der Waals surface area contributed by atoms with Crippen LogP contribution in [-0.2, 0) is 4.79 Å². The number of hydrogen-bond donors (Lipinski definition) is 2. The van der Waals surface area contributed by atoms with Crippen molar-refractivity contribution in [3.05, 3.63) is 54.1 Å². The molecular formula is C19H25N3O. The second kappa shape index (κ2) is 8.22. The summed E-state index contributed by atoms with van der Waals surface area (Å²) in [7, 11) is 0. The lowest BCUT2D eigenvalue weighted by Crippen LogP contribution is -2.23. The van der Waals surface area contributed by atoms with Gasteiger partial charge in [-0.05, 0) is 56.7 Å². The highest BCUT2D eigenvalue weighted by Crippen LogP contribution is 2.18. The standard InChI is InChI=1S/C19H25N3O/c1-4-22(5-2)17-12-10-16(11-13-17)21-19(23)14-20-18-9-7-6-8-15(18)3/h6-13,20H,4-5,14H2,1-3H3,(H,21,23). The van der Waals surface area contributed by atoms with Crippen LogP contribution >= 0.6 is 0 Å². The van der Waals surface area contributed by atoms with E-state index in [9.17, 15) is 4.79 Å². The molecule has 0 radical (unpaired) electrons. The highest BCUT2D eigenvalue weighted by Gasteiger charge is 2.05. The smallest absolute Gasteiger partial charge is 0.243 e. The zero-order chi connectivity index (χ0) is 16.7. The number of carbonyl (C=O) groups is 1. The van der Waals surface area contributed by atoms with Crippen LogP contribution in [-0.4, -0.2) is 25.5 Å². The lowest BCUT2D eigenvalue weighted by Gasteiger charge is -2.21. The van der Waals surface area contributed by atoms with Crippen molar-refractivity contribution in [2.24, 2.45) is 0 Å². The molecule has 0 aromatic heterocycles. The van der Waals surface area contributed by atoms with Crippen LogP contribution in [0.1, 0.15) is 19.4 Å². The number of amides is 1. The first kappa shape index (κ1) is 16.9. The summed E-state index contributed by atoms with van der Waals surface area (Å²) in [6, 6.07) is 15.9. The number of para-hydroxylation sites is 1. The Labute approximate surface area is 138 Å². The second-order valence-corrected chi connectivity index (χ2v) is 5.44. The van der Waals surface area contributed by atoms with Crippen LogP contribution in [0.25, 0.3) is 0 Å². The third-order valence-electron chi connectivity index (χ3n) is 3.86. The monoisotopic (exact) mass is 311 g/mol. The predicted molar refractivity (Wildman–Crippen MR) is 98.3 cm³/mol. The van der Waals surface area contributed by atoms with Gasteiger partial charge in [-0.15, -0.1) is 0 Å². The Balaban J connectivity index is 1.89. The minimum Gasteiger partial charge on any atom is -0.376 e. The minimum absolute atomic E-state index is 0.0520. The van der Waals surface area contributed by atoms with E-state index in [-0.39, 0.29) is 12.5 Å².